The number of nitrogens with zero attached hydrogens (tertiary/aromatic N) is 6. The molecule has 0 amide bonds. The number of anilines is 1. The van der Waals surface area contributed by atoms with Crippen molar-refractivity contribution in [1.82, 2.24) is 28.4 Å². The molecule has 3 aromatic heterocycles. The van der Waals surface area contributed by atoms with Crippen LogP contribution in [0, 0.1) is 0 Å². The topological polar surface area (TPSA) is 141 Å². The number of hydrogen-bond donors (Lipinski definition) is 1. The maximum Gasteiger partial charge on any atom is 0.573 e. The van der Waals surface area contributed by atoms with E-state index in [4.69, 9.17) is 0 Å². The normalized spacial score (nSPS) is 15.1. The highest BCUT2D eigenvalue weighted by Gasteiger charge is 2.32. The number of ether oxygens (including phenoxy) is 1. The molecule has 6 rings (SSSR count). The van der Waals surface area contributed by atoms with Gasteiger partial charge in [0.25, 0.3) is 10.0 Å². The van der Waals surface area contributed by atoms with Crippen LogP contribution in [0.4, 0.5) is 19.0 Å². The second kappa shape index (κ2) is 11.5. The smallest absolute Gasteiger partial charge is 0.406 e. The average molecular weight is 662 g/mol. The van der Waals surface area contributed by atoms with E-state index in [0.717, 1.165) is 24.3 Å². The predicted octanol–water partition coefficient (Wildman–Crippen LogP) is 3.91. The second-order valence-corrected chi connectivity index (χ2v) is 13.9. The van der Waals surface area contributed by atoms with Crippen molar-refractivity contribution in [3.63, 3.8) is 0 Å². The molecular weight excluding hydrogens is 635 g/mol. The van der Waals surface area contributed by atoms with E-state index >= 15 is 0 Å². The van der Waals surface area contributed by atoms with Gasteiger partial charge in [-0.1, -0.05) is 18.2 Å². The number of benzene rings is 2. The molecule has 0 spiro atoms. The van der Waals surface area contributed by atoms with Gasteiger partial charge in [-0.3, -0.25) is 4.68 Å². The lowest BCUT2D eigenvalue weighted by Crippen LogP contribution is -2.44. The first-order chi connectivity index (χ1) is 21.3. The number of hydrogen-bond acceptors (Lipinski definition) is 9. The number of rotatable bonds is 8. The Morgan fingerprint density at radius 1 is 0.933 bits per heavy atom. The highest BCUT2D eigenvalue weighted by Crippen LogP contribution is 2.35. The van der Waals surface area contributed by atoms with Crippen LogP contribution in [0.2, 0.25) is 0 Å². The minimum absolute atomic E-state index is 0.0865. The van der Waals surface area contributed by atoms with Crippen LogP contribution in [0.5, 0.6) is 5.75 Å². The molecule has 1 aliphatic heterocycles. The summed E-state index contributed by atoms with van der Waals surface area (Å²) in [5, 5.41) is 4.70. The standard InChI is InChI=1S/C28H26F3N7O5S2/c1-36-17-19(16-34-36)25-15-24-26(32-18-33-27(24)38(25)45(41,42)23-5-3-2-4-6-23)37-13-11-20(12-14-37)35-44(39,40)22-9-7-21(8-10-22)43-28(29,30)31/h2-10,15-18,20,35H,11-14H2,1H3. The molecular formula is C28H26F3N7O5S2. The van der Waals surface area contributed by atoms with Crippen LogP contribution < -0.4 is 14.4 Å². The van der Waals surface area contributed by atoms with Gasteiger partial charge in [0.2, 0.25) is 10.0 Å². The SMILES string of the molecule is Cn1cc(-c2cc3c(N4CCC(NS(=O)(=O)c5ccc(OC(F)(F)F)cc5)CC4)ncnc3n2S(=O)(=O)c2ccccc2)cn1. The molecule has 2 aromatic carbocycles. The van der Waals surface area contributed by atoms with Crippen molar-refractivity contribution in [3.8, 4) is 17.0 Å². The van der Waals surface area contributed by atoms with Crippen molar-refractivity contribution in [2.24, 2.45) is 7.05 Å². The first kappa shape index (κ1) is 30.5. The molecule has 0 unspecified atom stereocenters. The summed E-state index contributed by atoms with van der Waals surface area (Å²) in [6.45, 7) is 0.771. The lowest BCUT2D eigenvalue weighted by molar-refractivity contribution is -0.274. The van der Waals surface area contributed by atoms with E-state index in [1.807, 2.05) is 4.90 Å². The van der Waals surface area contributed by atoms with Gasteiger partial charge >= 0.3 is 6.36 Å². The van der Waals surface area contributed by atoms with E-state index in [9.17, 15) is 30.0 Å². The fourth-order valence-corrected chi connectivity index (χ4v) is 8.05. The molecule has 0 aliphatic carbocycles. The lowest BCUT2D eigenvalue weighted by Gasteiger charge is -2.33. The Morgan fingerprint density at radius 2 is 1.62 bits per heavy atom. The maximum absolute atomic E-state index is 13.9. The molecule has 45 heavy (non-hydrogen) atoms. The highest BCUT2D eigenvalue weighted by molar-refractivity contribution is 7.90. The highest BCUT2D eigenvalue weighted by atomic mass is 32.2. The van der Waals surface area contributed by atoms with Crippen LogP contribution in [0.15, 0.2) is 89.2 Å². The fraction of sp³-hybridized carbons (Fsp3) is 0.250. The van der Waals surface area contributed by atoms with Crippen LogP contribution in [0.25, 0.3) is 22.3 Å². The van der Waals surface area contributed by atoms with E-state index in [2.05, 4.69) is 24.5 Å². The van der Waals surface area contributed by atoms with Gasteiger partial charge in [0, 0.05) is 37.9 Å². The summed E-state index contributed by atoms with van der Waals surface area (Å²) >= 11 is 0. The minimum Gasteiger partial charge on any atom is -0.406 e. The molecule has 12 nitrogen and oxygen atoms in total. The molecule has 1 saturated heterocycles. The van der Waals surface area contributed by atoms with Gasteiger partial charge < -0.3 is 9.64 Å². The largest absolute Gasteiger partial charge is 0.573 e. The van der Waals surface area contributed by atoms with Crippen LogP contribution in [0.1, 0.15) is 12.8 Å². The summed E-state index contributed by atoms with van der Waals surface area (Å²) in [5.41, 5.74) is 1.11. The van der Waals surface area contributed by atoms with Gasteiger partial charge in [-0.05, 0) is 55.3 Å². The van der Waals surface area contributed by atoms with Crippen LogP contribution in [-0.4, -0.2) is 66.1 Å². The van der Waals surface area contributed by atoms with Gasteiger partial charge in [0.1, 0.15) is 17.9 Å². The first-order valence-corrected chi connectivity index (χ1v) is 16.5. The van der Waals surface area contributed by atoms with Crippen molar-refractivity contribution in [1.29, 1.82) is 0 Å². The number of sulfonamides is 1. The molecule has 17 heteroatoms. The van der Waals surface area contributed by atoms with E-state index in [1.165, 1.54) is 22.4 Å². The zero-order valence-corrected chi connectivity index (χ0v) is 25.2. The van der Waals surface area contributed by atoms with Gasteiger partial charge in [-0.15, -0.1) is 13.2 Å². The molecule has 4 heterocycles. The fourth-order valence-electron chi connectivity index (χ4n) is 5.24. The molecule has 1 N–H and O–H groups in total. The Labute approximate surface area is 256 Å². The van der Waals surface area contributed by atoms with Crippen molar-refractivity contribution >= 4 is 36.9 Å². The van der Waals surface area contributed by atoms with Gasteiger partial charge in [-0.25, -0.2) is 35.5 Å². The maximum atomic E-state index is 13.9. The zero-order chi connectivity index (χ0) is 32.0. The van der Waals surface area contributed by atoms with Crippen molar-refractivity contribution < 1.29 is 34.7 Å². The first-order valence-electron chi connectivity index (χ1n) is 13.6. The van der Waals surface area contributed by atoms with Gasteiger partial charge in [-0.2, -0.15) is 5.10 Å². The number of piperidine rings is 1. The Kier molecular flexibility index (Phi) is 7.78. The third kappa shape index (κ3) is 6.23. The third-order valence-corrected chi connectivity index (χ3v) is 10.6. The summed E-state index contributed by atoms with van der Waals surface area (Å²) in [4.78, 5) is 10.7. The molecule has 1 aliphatic rings. The number of halogens is 3. The molecule has 0 bridgehead atoms. The molecule has 0 radical (unpaired) electrons. The van der Waals surface area contributed by atoms with Crippen LogP contribution in [-0.2, 0) is 27.1 Å². The lowest BCUT2D eigenvalue weighted by atomic mass is 10.1. The summed E-state index contributed by atoms with van der Waals surface area (Å²) in [5.74, 6) is -0.0308. The zero-order valence-electron chi connectivity index (χ0n) is 23.6. The van der Waals surface area contributed by atoms with Crippen LogP contribution >= 0.6 is 0 Å². The molecule has 5 aromatic rings. The molecule has 0 saturated carbocycles. The summed E-state index contributed by atoms with van der Waals surface area (Å²) in [7, 11) is -6.37. The Balaban J connectivity index is 1.26. The van der Waals surface area contributed by atoms with E-state index in [1.54, 1.807) is 48.4 Å². The summed E-state index contributed by atoms with van der Waals surface area (Å²) in [6.07, 6.45) is 0.445. The molecule has 1 fully saturated rings. The number of aryl methyl sites for hydroxylation is 1. The monoisotopic (exact) mass is 661 g/mol. The number of aromatic nitrogens is 5. The molecule has 0 atom stereocenters. The van der Waals surface area contributed by atoms with E-state index < -0.39 is 38.2 Å². The number of alkyl halides is 3. The van der Waals surface area contributed by atoms with Crippen molar-refractivity contribution in [2.75, 3.05) is 18.0 Å². The van der Waals surface area contributed by atoms with E-state index in [-0.39, 0.29) is 15.4 Å². The number of nitrogens with one attached hydrogen (secondary N) is 1. The predicted molar refractivity (Wildman–Crippen MR) is 157 cm³/mol. The molecule has 236 valence electrons. The van der Waals surface area contributed by atoms with Crippen molar-refractivity contribution in [2.45, 2.75) is 35.0 Å². The quantitative estimate of drug-likeness (QED) is 0.262. The average Bonchev–Trinajstić information content (AvgIpc) is 3.61. The Hall–Kier alpha value is -4.48. The van der Waals surface area contributed by atoms with Gasteiger partial charge in [0.05, 0.1) is 27.1 Å². The third-order valence-electron chi connectivity index (χ3n) is 7.30. The van der Waals surface area contributed by atoms with Crippen molar-refractivity contribution in [3.05, 3.63) is 79.4 Å². The summed E-state index contributed by atoms with van der Waals surface area (Å²) < 4.78 is 100. The number of fused-ring (bicyclic) bond motifs is 1. The van der Waals surface area contributed by atoms with E-state index in [0.29, 0.717) is 48.4 Å². The minimum atomic E-state index is -4.89. The van der Waals surface area contributed by atoms with Gasteiger partial charge in [0.15, 0.2) is 5.65 Å². The summed E-state index contributed by atoms with van der Waals surface area (Å²) in [6, 6.07) is 13.2. The second-order valence-electron chi connectivity index (χ2n) is 10.4. The Bertz CT molecular complexity index is 2060. The van der Waals surface area contributed by atoms with Crippen LogP contribution in [0.3, 0.4) is 0 Å². The Morgan fingerprint density at radius 3 is 2.24 bits per heavy atom.